The van der Waals surface area contributed by atoms with Gasteiger partial charge in [0.2, 0.25) is 12.7 Å². The standard InChI is InChI=1S/C25H18BrClN2O5/c1-30-20-6-14(17(26)8-22(20)31-11-13-4-2-3-5-18(13)27)24-15-7-21-23(33-12-32-21)9-19(15)34-25(29)16(24)10-28/h2-9,24H,11-12,29H2,1H3/t24-/m1/s1. The first-order valence-electron chi connectivity index (χ1n) is 10.2. The Morgan fingerprint density at radius 2 is 1.85 bits per heavy atom. The molecule has 5 rings (SSSR count). The molecular formula is C25H18BrClN2O5. The van der Waals surface area contributed by atoms with Crippen molar-refractivity contribution >= 4 is 27.5 Å². The Balaban J connectivity index is 1.57. The van der Waals surface area contributed by atoms with Gasteiger partial charge in [0.15, 0.2) is 23.0 Å². The molecule has 2 aliphatic rings. The third-order valence-corrected chi connectivity index (χ3v) is 6.70. The highest BCUT2D eigenvalue weighted by Gasteiger charge is 2.35. The lowest BCUT2D eigenvalue weighted by molar-refractivity contribution is 0.174. The SMILES string of the molecule is COc1cc([C@H]2C(C#N)=C(N)Oc3cc4c(cc32)OCO4)c(Br)cc1OCc1ccccc1Cl. The van der Waals surface area contributed by atoms with E-state index < -0.39 is 5.92 Å². The fourth-order valence-corrected chi connectivity index (χ4v) is 4.72. The van der Waals surface area contributed by atoms with E-state index in [1.54, 1.807) is 19.2 Å². The number of hydrogen-bond donors (Lipinski definition) is 1. The van der Waals surface area contributed by atoms with Crippen LogP contribution in [0.3, 0.4) is 0 Å². The number of benzene rings is 3. The third kappa shape index (κ3) is 3.87. The average Bonchev–Trinajstić information content (AvgIpc) is 3.29. The molecule has 0 saturated carbocycles. The number of ether oxygens (including phenoxy) is 5. The van der Waals surface area contributed by atoms with Crippen molar-refractivity contribution in [3.8, 4) is 34.8 Å². The molecule has 0 unspecified atom stereocenters. The molecule has 172 valence electrons. The summed E-state index contributed by atoms with van der Waals surface area (Å²) < 4.78 is 29.1. The van der Waals surface area contributed by atoms with Gasteiger partial charge in [-0.15, -0.1) is 0 Å². The summed E-state index contributed by atoms with van der Waals surface area (Å²) in [5.41, 5.74) is 8.74. The molecule has 0 spiro atoms. The minimum absolute atomic E-state index is 0.0313. The van der Waals surface area contributed by atoms with E-state index in [0.717, 1.165) is 16.7 Å². The minimum Gasteiger partial charge on any atom is -0.493 e. The summed E-state index contributed by atoms with van der Waals surface area (Å²) in [5, 5.41) is 10.5. The number of nitrogens with two attached hydrogens (primary N) is 1. The third-order valence-electron chi connectivity index (χ3n) is 5.65. The van der Waals surface area contributed by atoms with Crippen LogP contribution in [0.1, 0.15) is 22.6 Å². The Kier molecular flexibility index (Phi) is 5.90. The van der Waals surface area contributed by atoms with Crippen molar-refractivity contribution in [2.75, 3.05) is 13.9 Å². The van der Waals surface area contributed by atoms with Crippen LogP contribution < -0.4 is 29.4 Å². The summed E-state index contributed by atoms with van der Waals surface area (Å²) in [6.45, 7) is 0.383. The minimum atomic E-state index is -0.524. The Labute approximate surface area is 209 Å². The highest BCUT2D eigenvalue weighted by atomic mass is 79.9. The van der Waals surface area contributed by atoms with Gasteiger partial charge in [-0.1, -0.05) is 45.7 Å². The quantitative estimate of drug-likeness (QED) is 0.447. The van der Waals surface area contributed by atoms with E-state index in [0.29, 0.717) is 38.2 Å². The smallest absolute Gasteiger partial charge is 0.231 e. The Bertz CT molecular complexity index is 1370. The topological polar surface area (TPSA) is 96.0 Å². The molecule has 34 heavy (non-hydrogen) atoms. The largest absolute Gasteiger partial charge is 0.493 e. The first kappa shape index (κ1) is 22.3. The van der Waals surface area contributed by atoms with Gasteiger partial charge in [-0.25, -0.2) is 0 Å². The van der Waals surface area contributed by atoms with Crippen LogP contribution in [0.25, 0.3) is 0 Å². The van der Waals surface area contributed by atoms with Crippen LogP contribution in [0, 0.1) is 11.3 Å². The summed E-state index contributed by atoms with van der Waals surface area (Å²) in [7, 11) is 1.56. The van der Waals surface area contributed by atoms with Crippen molar-refractivity contribution in [3.05, 3.63) is 86.2 Å². The molecular weight excluding hydrogens is 524 g/mol. The fraction of sp³-hybridized carbons (Fsp3) is 0.160. The zero-order valence-electron chi connectivity index (χ0n) is 17.9. The van der Waals surface area contributed by atoms with Crippen molar-refractivity contribution in [1.29, 1.82) is 5.26 Å². The van der Waals surface area contributed by atoms with Gasteiger partial charge < -0.3 is 29.4 Å². The molecule has 0 aromatic heterocycles. The zero-order valence-corrected chi connectivity index (χ0v) is 20.3. The van der Waals surface area contributed by atoms with Gasteiger partial charge in [0.1, 0.15) is 24.0 Å². The molecule has 3 aromatic rings. The van der Waals surface area contributed by atoms with Gasteiger partial charge >= 0.3 is 0 Å². The molecule has 3 aromatic carbocycles. The first-order chi connectivity index (χ1) is 16.5. The maximum Gasteiger partial charge on any atom is 0.231 e. The predicted molar refractivity (Wildman–Crippen MR) is 128 cm³/mol. The number of nitriles is 1. The zero-order chi connectivity index (χ0) is 23.8. The van der Waals surface area contributed by atoms with Gasteiger partial charge in [-0.05, 0) is 29.8 Å². The van der Waals surface area contributed by atoms with Gasteiger partial charge in [0, 0.05) is 26.7 Å². The normalized spacial score (nSPS) is 15.9. The molecule has 0 fully saturated rings. The molecule has 2 heterocycles. The van der Waals surface area contributed by atoms with E-state index in [9.17, 15) is 5.26 Å². The molecule has 0 amide bonds. The molecule has 2 N–H and O–H groups in total. The lowest BCUT2D eigenvalue weighted by atomic mass is 9.83. The predicted octanol–water partition coefficient (Wildman–Crippen LogP) is 5.64. The number of allylic oxidation sites excluding steroid dienone is 1. The molecule has 9 heteroatoms. The van der Waals surface area contributed by atoms with Crippen LogP contribution in [0.15, 0.2) is 64.5 Å². The molecule has 0 bridgehead atoms. The van der Waals surface area contributed by atoms with Crippen LogP contribution in [0.2, 0.25) is 5.02 Å². The molecule has 0 aliphatic carbocycles. The number of hydrogen-bond acceptors (Lipinski definition) is 7. The lowest BCUT2D eigenvalue weighted by Gasteiger charge is -2.28. The molecule has 7 nitrogen and oxygen atoms in total. The molecule has 1 atom stereocenters. The fourth-order valence-electron chi connectivity index (χ4n) is 3.98. The number of rotatable bonds is 5. The Hall–Kier alpha value is -3.54. The van der Waals surface area contributed by atoms with Crippen molar-refractivity contribution in [3.63, 3.8) is 0 Å². The number of nitrogens with zero attached hydrogens (tertiary/aromatic N) is 1. The monoisotopic (exact) mass is 540 g/mol. The summed E-state index contributed by atoms with van der Waals surface area (Å²) in [5.74, 6) is 2.16. The average molecular weight is 542 g/mol. The van der Waals surface area contributed by atoms with Crippen LogP contribution in [-0.4, -0.2) is 13.9 Å². The lowest BCUT2D eigenvalue weighted by Crippen LogP contribution is -2.21. The van der Waals surface area contributed by atoms with Gasteiger partial charge in [-0.2, -0.15) is 5.26 Å². The second-order valence-corrected chi connectivity index (χ2v) is 8.83. The maximum absolute atomic E-state index is 9.91. The van der Waals surface area contributed by atoms with Crippen molar-refractivity contribution in [1.82, 2.24) is 0 Å². The number of fused-ring (bicyclic) bond motifs is 2. The van der Waals surface area contributed by atoms with Crippen LogP contribution >= 0.6 is 27.5 Å². The van der Waals surface area contributed by atoms with E-state index in [1.807, 2.05) is 36.4 Å². The van der Waals surface area contributed by atoms with Crippen LogP contribution in [-0.2, 0) is 6.61 Å². The maximum atomic E-state index is 9.91. The summed E-state index contributed by atoms with van der Waals surface area (Å²) in [6.07, 6.45) is 0. The number of halogens is 2. The van der Waals surface area contributed by atoms with E-state index >= 15 is 0 Å². The van der Waals surface area contributed by atoms with E-state index in [2.05, 4.69) is 22.0 Å². The van der Waals surface area contributed by atoms with Crippen LogP contribution in [0.5, 0.6) is 28.7 Å². The van der Waals surface area contributed by atoms with E-state index in [1.165, 1.54) is 0 Å². The van der Waals surface area contributed by atoms with Crippen molar-refractivity contribution in [2.24, 2.45) is 5.73 Å². The Morgan fingerprint density at radius 1 is 1.09 bits per heavy atom. The molecule has 0 saturated heterocycles. The van der Waals surface area contributed by atoms with Crippen LogP contribution in [0.4, 0.5) is 0 Å². The van der Waals surface area contributed by atoms with Gasteiger partial charge in [0.25, 0.3) is 0 Å². The van der Waals surface area contributed by atoms with Gasteiger partial charge in [-0.3, -0.25) is 0 Å². The second-order valence-electron chi connectivity index (χ2n) is 7.57. The van der Waals surface area contributed by atoms with Gasteiger partial charge in [0.05, 0.1) is 13.0 Å². The van der Waals surface area contributed by atoms with E-state index in [-0.39, 0.29) is 24.9 Å². The summed E-state index contributed by atoms with van der Waals surface area (Å²) in [4.78, 5) is 0. The second kappa shape index (κ2) is 9.01. The van der Waals surface area contributed by atoms with E-state index in [4.69, 9.17) is 41.0 Å². The number of methoxy groups -OCH3 is 1. The summed E-state index contributed by atoms with van der Waals surface area (Å²) in [6, 6.07) is 16.8. The molecule has 2 aliphatic heterocycles. The summed E-state index contributed by atoms with van der Waals surface area (Å²) >= 11 is 9.90. The first-order valence-corrected chi connectivity index (χ1v) is 11.4. The molecule has 0 radical (unpaired) electrons. The highest BCUT2D eigenvalue weighted by molar-refractivity contribution is 9.10. The Morgan fingerprint density at radius 3 is 2.59 bits per heavy atom. The van der Waals surface area contributed by atoms with Crippen molar-refractivity contribution < 1.29 is 23.7 Å². The van der Waals surface area contributed by atoms with Crippen molar-refractivity contribution in [2.45, 2.75) is 12.5 Å². The highest BCUT2D eigenvalue weighted by Crippen LogP contribution is 2.50.